The minimum absolute atomic E-state index is 0.259. The molecule has 8 nitrogen and oxygen atoms in total. The molecule has 5 rings (SSSR count). The average Bonchev–Trinajstić information content (AvgIpc) is 3.33. The van der Waals surface area contributed by atoms with E-state index in [0.717, 1.165) is 16.2 Å². The van der Waals surface area contributed by atoms with Crippen molar-refractivity contribution >= 4 is 35.3 Å². The molecule has 0 bridgehead atoms. The van der Waals surface area contributed by atoms with Crippen LogP contribution in [0.25, 0.3) is 6.08 Å². The lowest BCUT2D eigenvalue weighted by atomic mass is 9.89. The van der Waals surface area contributed by atoms with Crippen LogP contribution in [0.3, 0.4) is 0 Å². The summed E-state index contributed by atoms with van der Waals surface area (Å²) < 4.78 is 10.9. The normalized spacial score (nSPS) is 23.6. The molecule has 0 spiro atoms. The van der Waals surface area contributed by atoms with Crippen LogP contribution in [0.15, 0.2) is 59.3 Å². The van der Waals surface area contributed by atoms with Crippen molar-refractivity contribution in [3.8, 4) is 5.75 Å². The van der Waals surface area contributed by atoms with E-state index in [-0.39, 0.29) is 12.7 Å². The highest BCUT2D eigenvalue weighted by molar-refractivity contribution is 6.33. The van der Waals surface area contributed by atoms with Crippen molar-refractivity contribution < 1.29 is 28.7 Å². The predicted molar refractivity (Wildman–Crippen MR) is 115 cm³/mol. The molecule has 0 radical (unpaired) electrons. The van der Waals surface area contributed by atoms with Gasteiger partial charge in [0, 0.05) is 11.1 Å². The maximum atomic E-state index is 13.3. The van der Waals surface area contributed by atoms with Gasteiger partial charge in [-0.15, -0.1) is 0 Å². The maximum absolute atomic E-state index is 13.3. The van der Waals surface area contributed by atoms with Crippen LogP contribution in [0, 0.1) is 5.92 Å². The zero-order chi connectivity index (χ0) is 22.4. The molecule has 0 saturated carbocycles. The van der Waals surface area contributed by atoms with E-state index < -0.39 is 29.8 Å². The van der Waals surface area contributed by atoms with Crippen LogP contribution in [-0.2, 0) is 19.2 Å². The minimum atomic E-state index is -1.02. The third kappa shape index (κ3) is 3.07. The van der Waals surface area contributed by atoms with Crippen LogP contribution >= 0.6 is 0 Å². The number of para-hydroxylation sites is 1. The summed E-state index contributed by atoms with van der Waals surface area (Å²) in [6.45, 7) is 3.84. The number of carbonyl (C=O) groups excluding carboxylic acids is 3. The molecule has 2 aromatic carbocycles. The second-order valence-electron chi connectivity index (χ2n) is 7.66. The first-order chi connectivity index (χ1) is 15.5. The molecule has 162 valence electrons. The summed E-state index contributed by atoms with van der Waals surface area (Å²) in [4.78, 5) is 44.7. The Kier molecular flexibility index (Phi) is 4.77. The van der Waals surface area contributed by atoms with Crippen molar-refractivity contribution in [2.75, 3.05) is 11.5 Å². The van der Waals surface area contributed by atoms with Gasteiger partial charge in [0.25, 0.3) is 5.91 Å². The number of imide groups is 1. The molecular formula is C24H20N2O6. The molecule has 8 heteroatoms. The molecule has 2 aromatic rings. The fourth-order valence-electron chi connectivity index (χ4n) is 4.16. The first-order valence-corrected chi connectivity index (χ1v) is 10.4. The molecule has 3 aliphatic rings. The molecule has 3 aliphatic heterocycles. The molecule has 3 unspecified atom stereocenters. The number of esters is 1. The van der Waals surface area contributed by atoms with Crippen LogP contribution in [0.2, 0.25) is 0 Å². The van der Waals surface area contributed by atoms with E-state index in [1.807, 2.05) is 37.3 Å². The van der Waals surface area contributed by atoms with Gasteiger partial charge in [-0.3, -0.25) is 9.59 Å². The Morgan fingerprint density at radius 1 is 1.09 bits per heavy atom. The zero-order valence-electron chi connectivity index (χ0n) is 17.5. The lowest BCUT2D eigenvalue weighted by Gasteiger charge is -2.25. The highest BCUT2D eigenvalue weighted by Gasteiger charge is 2.57. The summed E-state index contributed by atoms with van der Waals surface area (Å²) in [6, 6.07) is 13.7. The number of anilines is 1. The van der Waals surface area contributed by atoms with Gasteiger partial charge < -0.3 is 14.3 Å². The van der Waals surface area contributed by atoms with E-state index in [2.05, 4.69) is 5.16 Å². The summed E-state index contributed by atoms with van der Waals surface area (Å²) in [5.74, 6) is -1.49. The summed E-state index contributed by atoms with van der Waals surface area (Å²) in [5.41, 5.74) is 2.68. The SMILES string of the molecule is CCOC(=O)c1ccc(N2C(=O)C3ON=C(C4=Cc5ccccc5OC4C)C3C2=O)cc1. The Labute approximate surface area is 184 Å². The fourth-order valence-corrected chi connectivity index (χ4v) is 4.16. The highest BCUT2D eigenvalue weighted by atomic mass is 16.7. The van der Waals surface area contributed by atoms with Crippen molar-refractivity contribution in [2.45, 2.75) is 26.1 Å². The highest BCUT2D eigenvalue weighted by Crippen LogP contribution is 2.39. The quantitative estimate of drug-likeness (QED) is 0.545. The molecule has 0 N–H and O–H groups in total. The molecule has 32 heavy (non-hydrogen) atoms. The first kappa shape index (κ1) is 20.0. The smallest absolute Gasteiger partial charge is 0.338 e. The van der Waals surface area contributed by atoms with E-state index in [1.54, 1.807) is 19.1 Å². The lowest BCUT2D eigenvalue weighted by molar-refractivity contribution is -0.126. The summed E-state index contributed by atoms with van der Waals surface area (Å²) in [6.07, 6.45) is 0.544. The maximum Gasteiger partial charge on any atom is 0.338 e. The monoisotopic (exact) mass is 432 g/mol. The van der Waals surface area contributed by atoms with Gasteiger partial charge in [-0.25, -0.2) is 9.69 Å². The van der Waals surface area contributed by atoms with Crippen molar-refractivity contribution in [1.29, 1.82) is 0 Å². The Balaban J connectivity index is 1.44. The van der Waals surface area contributed by atoms with Crippen molar-refractivity contribution in [2.24, 2.45) is 11.1 Å². The Morgan fingerprint density at radius 2 is 1.84 bits per heavy atom. The van der Waals surface area contributed by atoms with Gasteiger partial charge >= 0.3 is 5.97 Å². The van der Waals surface area contributed by atoms with Crippen LogP contribution in [0.4, 0.5) is 5.69 Å². The first-order valence-electron chi connectivity index (χ1n) is 10.4. The topological polar surface area (TPSA) is 94.5 Å². The lowest BCUT2D eigenvalue weighted by Crippen LogP contribution is -2.35. The molecule has 2 amide bonds. The molecule has 3 atom stereocenters. The molecular weight excluding hydrogens is 412 g/mol. The number of ether oxygens (including phenoxy) is 2. The van der Waals surface area contributed by atoms with Crippen molar-refractivity contribution in [1.82, 2.24) is 0 Å². The van der Waals surface area contributed by atoms with Gasteiger partial charge in [-0.2, -0.15) is 0 Å². The van der Waals surface area contributed by atoms with Gasteiger partial charge in [0.05, 0.1) is 17.9 Å². The summed E-state index contributed by atoms with van der Waals surface area (Å²) in [5, 5.41) is 4.09. The number of oxime groups is 1. The van der Waals surface area contributed by atoms with Crippen LogP contribution in [0.5, 0.6) is 5.75 Å². The van der Waals surface area contributed by atoms with Crippen molar-refractivity contribution in [3.05, 3.63) is 65.2 Å². The van der Waals surface area contributed by atoms with E-state index in [9.17, 15) is 14.4 Å². The van der Waals surface area contributed by atoms with Crippen LogP contribution in [-0.4, -0.2) is 42.3 Å². The van der Waals surface area contributed by atoms with E-state index in [4.69, 9.17) is 14.3 Å². The van der Waals surface area contributed by atoms with Gasteiger partial charge in [0.2, 0.25) is 12.0 Å². The van der Waals surface area contributed by atoms with Crippen LogP contribution < -0.4 is 9.64 Å². The number of carbonyl (C=O) groups is 3. The number of benzene rings is 2. The Bertz CT molecular complexity index is 1180. The standard InChI is InChI=1S/C24H20N2O6/c1-3-30-24(29)14-8-10-16(11-9-14)26-22(27)19-20(25-32-21(19)23(26)28)17-12-15-6-4-5-7-18(15)31-13(17)2/h4-13,19,21H,3H2,1-2H3. The number of amides is 2. The van der Waals surface area contributed by atoms with Gasteiger partial charge in [-0.1, -0.05) is 23.4 Å². The average molecular weight is 432 g/mol. The Hall–Kier alpha value is -3.94. The van der Waals surface area contributed by atoms with E-state index in [0.29, 0.717) is 22.5 Å². The largest absolute Gasteiger partial charge is 0.485 e. The predicted octanol–water partition coefficient (Wildman–Crippen LogP) is 2.97. The van der Waals surface area contributed by atoms with Crippen LogP contribution in [0.1, 0.15) is 29.8 Å². The Morgan fingerprint density at radius 3 is 2.59 bits per heavy atom. The molecule has 0 aliphatic carbocycles. The molecule has 1 saturated heterocycles. The summed E-state index contributed by atoms with van der Waals surface area (Å²) >= 11 is 0. The van der Waals surface area contributed by atoms with E-state index in [1.165, 1.54) is 12.1 Å². The molecule has 1 fully saturated rings. The second kappa shape index (κ2) is 7.64. The fraction of sp³-hybridized carbons (Fsp3) is 0.250. The molecule has 3 heterocycles. The van der Waals surface area contributed by atoms with Gasteiger partial charge in [0.1, 0.15) is 23.5 Å². The second-order valence-corrected chi connectivity index (χ2v) is 7.66. The number of fused-ring (bicyclic) bond motifs is 2. The third-order valence-corrected chi connectivity index (χ3v) is 5.72. The summed E-state index contributed by atoms with van der Waals surface area (Å²) in [7, 11) is 0. The minimum Gasteiger partial charge on any atom is -0.485 e. The number of rotatable bonds is 4. The van der Waals surface area contributed by atoms with E-state index >= 15 is 0 Å². The third-order valence-electron chi connectivity index (χ3n) is 5.72. The van der Waals surface area contributed by atoms with Crippen molar-refractivity contribution in [3.63, 3.8) is 0 Å². The zero-order valence-corrected chi connectivity index (χ0v) is 17.5. The van der Waals surface area contributed by atoms with Gasteiger partial charge in [0.15, 0.2) is 0 Å². The van der Waals surface area contributed by atoms with Gasteiger partial charge in [-0.05, 0) is 50.3 Å². The number of nitrogens with zero attached hydrogens (tertiary/aromatic N) is 2. The number of hydrogen-bond donors (Lipinski definition) is 0. The number of hydrogen-bond acceptors (Lipinski definition) is 7. The molecule has 0 aromatic heterocycles.